The Morgan fingerprint density at radius 1 is 1.14 bits per heavy atom. The highest BCUT2D eigenvalue weighted by molar-refractivity contribution is 7.89. The minimum Gasteiger partial charge on any atom is -0.379 e. The molecule has 0 radical (unpaired) electrons. The second-order valence-corrected chi connectivity index (χ2v) is 8.50. The summed E-state index contributed by atoms with van der Waals surface area (Å²) in [5, 5.41) is 1.73. The van der Waals surface area contributed by atoms with Crippen LogP contribution in [0.1, 0.15) is 22.8 Å². The van der Waals surface area contributed by atoms with Crippen LogP contribution in [0.3, 0.4) is 0 Å². The summed E-state index contributed by atoms with van der Waals surface area (Å²) in [7, 11) is -3.65. The number of nitrogens with one attached hydrogen (secondary N) is 1. The summed E-state index contributed by atoms with van der Waals surface area (Å²) in [6.45, 7) is 5.88. The van der Waals surface area contributed by atoms with E-state index in [2.05, 4.69) is 5.43 Å². The molecule has 1 fully saturated rings. The summed E-state index contributed by atoms with van der Waals surface area (Å²) in [6.07, 6.45) is 0. The molecule has 150 valence electrons. The molecule has 2 aromatic carbocycles. The van der Waals surface area contributed by atoms with Crippen LogP contribution in [0.4, 0.5) is 5.69 Å². The van der Waals surface area contributed by atoms with Gasteiger partial charge < -0.3 is 4.74 Å². The maximum absolute atomic E-state index is 12.8. The van der Waals surface area contributed by atoms with Crippen LogP contribution in [0.5, 0.6) is 0 Å². The Labute approximate surface area is 165 Å². The number of rotatable bonds is 6. The van der Waals surface area contributed by atoms with E-state index in [1.165, 1.54) is 16.4 Å². The molecule has 2 aromatic rings. The normalized spacial score (nSPS) is 15.2. The molecule has 0 saturated carbocycles. The molecule has 1 amide bonds. The van der Waals surface area contributed by atoms with Gasteiger partial charge in [0.25, 0.3) is 5.91 Å². The minimum absolute atomic E-state index is 0.112. The number of ether oxygens (including phenoxy) is 1. The van der Waals surface area contributed by atoms with Crippen molar-refractivity contribution in [1.29, 1.82) is 0 Å². The molecule has 8 heteroatoms. The van der Waals surface area contributed by atoms with Crippen LogP contribution < -0.4 is 10.4 Å². The first kappa shape index (κ1) is 20.3. The van der Waals surface area contributed by atoms with E-state index < -0.39 is 10.0 Å². The quantitative estimate of drug-likeness (QED) is 0.748. The van der Waals surface area contributed by atoms with Crippen LogP contribution >= 0.6 is 0 Å². The zero-order valence-electron chi connectivity index (χ0n) is 16.1. The maximum atomic E-state index is 12.8. The van der Waals surface area contributed by atoms with Gasteiger partial charge in [-0.25, -0.2) is 8.42 Å². The summed E-state index contributed by atoms with van der Waals surface area (Å²) in [5.74, 6) is -0.360. The third-order valence-corrected chi connectivity index (χ3v) is 6.50. The van der Waals surface area contributed by atoms with E-state index in [1.807, 2.05) is 38.1 Å². The highest BCUT2D eigenvalue weighted by Crippen LogP contribution is 2.19. The van der Waals surface area contributed by atoms with Gasteiger partial charge in [0, 0.05) is 25.2 Å². The number of sulfonamides is 1. The third-order valence-electron chi connectivity index (χ3n) is 4.60. The van der Waals surface area contributed by atoms with Crippen LogP contribution in [0.25, 0.3) is 0 Å². The highest BCUT2D eigenvalue weighted by atomic mass is 32.2. The van der Waals surface area contributed by atoms with Gasteiger partial charge in [-0.3, -0.25) is 15.2 Å². The number of hydrazine groups is 1. The largest absolute Gasteiger partial charge is 0.379 e. The summed E-state index contributed by atoms with van der Waals surface area (Å²) < 4.78 is 32.3. The Kier molecular flexibility index (Phi) is 6.33. The summed E-state index contributed by atoms with van der Waals surface area (Å²) in [4.78, 5) is 12.8. The smallest absolute Gasteiger partial charge is 0.269 e. The topological polar surface area (TPSA) is 79.0 Å². The fourth-order valence-corrected chi connectivity index (χ4v) is 4.43. The van der Waals surface area contributed by atoms with Crippen LogP contribution in [0.15, 0.2) is 53.4 Å². The van der Waals surface area contributed by atoms with Crippen LogP contribution in [-0.2, 0) is 14.8 Å². The number of morpholine rings is 1. The summed E-state index contributed by atoms with van der Waals surface area (Å²) >= 11 is 0. The van der Waals surface area contributed by atoms with Crippen molar-refractivity contribution in [1.82, 2.24) is 9.73 Å². The van der Waals surface area contributed by atoms with Crippen molar-refractivity contribution in [3.63, 3.8) is 0 Å². The molecule has 1 aliphatic rings. The van der Waals surface area contributed by atoms with Gasteiger partial charge in [0.2, 0.25) is 10.0 Å². The molecule has 1 aliphatic heterocycles. The number of nitrogens with zero attached hydrogens (tertiary/aromatic N) is 2. The number of hydrogen-bond donors (Lipinski definition) is 1. The van der Waals surface area contributed by atoms with Crippen molar-refractivity contribution in [3.8, 4) is 0 Å². The average Bonchev–Trinajstić information content (AvgIpc) is 2.73. The lowest BCUT2D eigenvalue weighted by atomic mass is 10.2. The Bertz CT molecular complexity index is 923. The molecule has 7 nitrogen and oxygen atoms in total. The SMILES string of the molecule is CCN(NC(=O)c1cccc(S(=O)(=O)N2CCOCC2)c1)c1ccc(C)cc1. The predicted octanol–water partition coefficient (Wildman–Crippen LogP) is 2.19. The lowest BCUT2D eigenvalue weighted by molar-refractivity contribution is 0.0730. The molecule has 0 aliphatic carbocycles. The van der Waals surface area contributed by atoms with E-state index in [1.54, 1.807) is 17.1 Å². The second kappa shape index (κ2) is 8.72. The lowest BCUT2D eigenvalue weighted by Crippen LogP contribution is -2.42. The molecule has 0 unspecified atom stereocenters. The van der Waals surface area contributed by atoms with E-state index in [-0.39, 0.29) is 10.8 Å². The van der Waals surface area contributed by atoms with Gasteiger partial charge in [0.15, 0.2) is 0 Å². The molecular formula is C20H25N3O4S. The fraction of sp³-hybridized carbons (Fsp3) is 0.350. The van der Waals surface area contributed by atoms with Crippen molar-refractivity contribution in [2.45, 2.75) is 18.7 Å². The first-order valence-electron chi connectivity index (χ1n) is 9.25. The molecule has 0 atom stereocenters. The molecule has 3 rings (SSSR count). The van der Waals surface area contributed by atoms with Crippen LogP contribution in [0, 0.1) is 6.92 Å². The van der Waals surface area contributed by atoms with Gasteiger partial charge in [-0.2, -0.15) is 4.31 Å². The Morgan fingerprint density at radius 3 is 2.46 bits per heavy atom. The third kappa shape index (κ3) is 4.52. The van der Waals surface area contributed by atoms with Gasteiger partial charge >= 0.3 is 0 Å². The molecule has 28 heavy (non-hydrogen) atoms. The second-order valence-electron chi connectivity index (χ2n) is 6.57. The zero-order valence-corrected chi connectivity index (χ0v) is 16.9. The van der Waals surface area contributed by atoms with Crippen molar-refractivity contribution >= 4 is 21.6 Å². The van der Waals surface area contributed by atoms with E-state index in [9.17, 15) is 13.2 Å². The van der Waals surface area contributed by atoms with E-state index in [4.69, 9.17) is 4.74 Å². The number of hydrogen-bond acceptors (Lipinski definition) is 5. The van der Waals surface area contributed by atoms with Gasteiger partial charge in [0.1, 0.15) is 0 Å². The van der Waals surface area contributed by atoms with Crippen molar-refractivity contribution in [2.24, 2.45) is 0 Å². The molecule has 0 spiro atoms. The summed E-state index contributed by atoms with van der Waals surface area (Å²) in [5.41, 5.74) is 5.13. The predicted molar refractivity (Wildman–Crippen MR) is 108 cm³/mol. The van der Waals surface area contributed by atoms with E-state index in [0.29, 0.717) is 38.4 Å². The standard InChI is InChI=1S/C20H25N3O4S/c1-3-23(18-9-7-16(2)8-10-18)21-20(24)17-5-4-6-19(15-17)28(25,26)22-11-13-27-14-12-22/h4-10,15H,3,11-14H2,1-2H3,(H,21,24). The Hall–Kier alpha value is -2.42. The van der Waals surface area contributed by atoms with Crippen molar-refractivity contribution < 1.29 is 17.9 Å². The van der Waals surface area contributed by atoms with Crippen molar-refractivity contribution in [2.75, 3.05) is 37.9 Å². The number of carbonyl (C=O) groups is 1. The molecule has 1 heterocycles. The Morgan fingerprint density at radius 2 is 1.82 bits per heavy atom. The van der Waals surface area contributed by atoms with E-state index >= 15 is 0 Å². The molecule has 0 aromatic heterocycles. The first-order chi connectivity index (χ1) is 13.4. The molecule has 0 bridgehead atoms. The first-order valence-corrected chi connectivity index (χ1v) is 10.7. The van der Waals surface area contributed by atoms with Crippen molar-refractivity contribution in [3.05, 3.63) is 59.7 Å². The Balaban J connectivity index is 1.78. The number of benzene rings is 2. The summed E-state index contributed by atoms with van der Waals surface area (Å²) in [6, 6.07) is 13.9. The average molecular weight is 404 g/mol. The number of amides is 1. The van der Waals surface area contributed by atoms with Gasteiger partial charge in [0.05, 0.1) is 23.8 Å². The fourth-order valence-electron chi connectivity index (χ4n) is 2.97. The zero-order chi connectivity index (χ0) is 20.1. The molecular weight excluding hydrogens is 378 g/mol. The number of anilines is 1. The minimum atomic E-state index is -3.65. The van der Waals surface area contributed by atoms with Crippen LogP contribution in [-0.4, -0.2) is 51.5 Å². The monoisotopic (exact) mass is 403 g/mol. The molecule has 1 saturated heterocycles. The van der Waals surface area contributed by atoms with Crippen LogP contribution in [0.2, 0.25) is 0 Å². The van der Waals surface area contributed by atoms with E-state index in [0.717, 1.165) is 11.3 Å². The van der Waals surface area contributed by atoms with Gasteiger partial charge in [-0.1, -0.05) is 23.8 Å². The highest BCUT2D eigenvalue weighted by Gasteiger charge is 2.27. The lowest BCUT2D eigenvalue weighted by Gasteiger charge is -2.26. The maximum Gasteiger partial charge on any atom is 0.269 e. The van der Waals surface area contributed by atoms with Gasteiger partial charge in [-0.15, -0.1) is 0 Å². The number of carbonyl (C=O) groups excluding carboxylic acids is 1. The van der Waals surface area contributed by atoms with Gasteiger partial charge in [-0.05, 0) is 44.2 Å². The molecule has 1 N–H and O–H groups in total. The number of aryl methyl sites for hydroxylation is 1.